The van der Waals surface area contributed by atoms with Crippen LogP contribution in [0.15, 0.2) is 36.7 Å². The highest BCUT2D eigenvalue weighted by Gasteiger charge is 2.29. The molecule has 0 saturated heterocycles. The maximum atomic E-state index is 10.0. The van der Waals surface area contributed by atoms with Crippen LogP contribution in [0.5, 0.6) is 0 Å². The topological polar surface area (TPSA) is 94.4 Å². The molecule has 3 aromatic heterocycles. The van der Waals surface area contributed by atoms with Crippen molar-refractivity contribution in [3.63, 3.8) is 0 Å². The Kier molecular flexibility index (Phi) is 5.86. The van der Waals surface area contributed by atoms with Gasteiger partial charge in [0.2, 0.25) is 0 Å². The van der Waals surface area contributed by atoms with Crippen LogP contribution in [0.1, 0.15) is 22.9 Å². The molecular formula is C22H24ClN7OSi. The molecule has 1 aromatic carbocycles. The molecule has 0 aliphatic carbocycles. The molecule has 164 valence electrons. The van der Waals surface area contributed by atoms with Crippen molar-refractivity contribution in [1.29, 1.82) is 5.26 Å². The Morgan fingerprint density at radius 3 is 2.53 bits per heavy atom. The second kappa shape index (κ2) is 8.46. The standard InChI is InChI=1S/C22H24ClN7OSi/c1-14-19(18(10-24)31-32(3,4)5)20(16-6-8-17(23)9-7-16)21-22(26-14)30(28-27-21)13-15-11-25-29(2)12-15/h6-9,11-12,18H,13H2,1-5H3. The van der Waals surface area contributed by atoms with E-state index in [-0.39, 0.29) is 0 Å². The Labute approximate surface area is 192 Å². The molecule has 1 unspecified atom stereocenters. The van der Waals surface area contributed by atoms with E-state index in [0.29, 0.717) is 28.4 Å². The van der Waals surface area contributed by atoms with Crippen LogP contribution in [-0.2, 0) is 18.0 Å². The fourth-order valence-electron chi connectivity index (χ4n) is 3.67. The first-order valence-electron chi connectivity index (χ1n) is 10.2. The SMILES string of the molecule is Cc1nc2c(nnn2Cc2cnn(C)c2)c(-c2ccc(Cl)cc2)c1C(C#N)O[Si](C)(C)C. The minimum absolute atomic E-state index is 0.489. The number of hydrogen-bond acceptors (Lipinski definition) is 6. The number of nitriles is 1. The predicted octanol–water partition coefficient (Wildman–Crippen LogP) is 4.65. The highest BCUT2D eigenvalue weighted by Crippen LogP contribution is 2.38. The Morgan fingerprint density at radius 1 is 1.22 bits per heavy atom. The summed E-state index contributed by atoms with van der Waals surface area (Å²) in [6, 6.07) is 9.82. The highest BCUT2D eigenvalue weighted by molar-refractivity contribution is 6.69. The number of fused-ring (bicyclic) bond motifs is 1. The number of aryl methyl sites for hydroxylation is 2. The fraction of sp³-hybridized carbons (Fsp3) is 0.318. The van der Waals surface area contributed by atoms with E-state index in [0.717, 1.165) is 22.3 Å². The predicted molar refractivity (Wildman–Crippen MR) is 126 cm³/mol. The molecule has 10 heteroatoms. The van der Waals surface area contributed by atoms with Gasteiger partial charge in [-0.1, -0.05) is 28.9 Å². The quantitative estimate of drug-likeness (QED) is 0.384. The fourth-order valence-corrected chi connectivity index (χ4v) is 4.68. The molecule has 0 aliphatic heterocycles. The van der Waals surface area contributed by atoms with E-state index < -0.39 is 14.4 Å². The molecule has 4 aromatic rings. The van der Waals surface area contributed by atoms with E-state index in [2.05, 4.69) is 41.1 Å². The average Bonchev–Trinajstić information content (AvgIpc) is 3.31. The molecule has 32 heavy (non-hydrogen) atoms. The lowest BCUT2D eigenvalue weighted by Gasteiger charge is -2.24. The molecule has 1 atom stereocenters. The van der Waals surface area contributed by atoms with Crippen LogP contribution in [0.3, 0.4) is 0 Å². The minimum atomic E-state index is -2.01. The van der Waals surface area contributed by atoms with Crippen LogP contribution in [0.4, 0.5) is 0 Å². The Balaban J connectivity index is 1.94. The first-order valence-corrected chi connectivity index (χ1v) is 14.0. The molecule has 3 heterocycles. The van der Waals surface area contributed by atoms with E-state index in [4.69, 9.17) is 21.0 Å². The molecule has 0 N–H and O–H groups in total. The average molecular weight is 466 g/mol. The van der Waals surface area contributed by atoms with Crippen LogP contribution in [0.2, 0.25) is 24.7 Å². The van der Waals surface area contributed by atoms with Gasteiger partial charge >= 0.3 is 0 Å². The first-order chi connectivity index (χ1) is 15.2. The summed E-state index contributed by atoms with van der Waals surface area (Å²) in [5.41, 5.74) is 5.37. The summed E-state index contributed by atoms with van der Waals surface area (Å²) in [5.74, 6) is 0. The van der Waals surface area contributed by atoms with Crippen molar-refractivity contribution in [1.82, 2.24) is 29.8 Å². The number of pyridine rings is 1. The molecule has 4 rings (SSSR count). The third-order valence-corrected chi connectivity index (χ3v) is 6.15. The van der Waals surface area contributed by atoms with Gasteiger partial charge in [-0.25, -0.2) is 9.67 Å². The summed E-state index contributed by atoms with van der Waals surface area (Å²) < 4.78 is 9.74. The summed E-state index contributed by atoms with van der Waals surface area (Å²) >= 11 is 6.14. The largest absolute Gasteiger partial charge is 0.399 e. The van der Waals surface area contributed by atoms with E-state index in [1.807, 2.05) is 44.4 Å². The maximum absolute atomic E-state index is 10.0. The maximum Gasteiger partial charge on any atom is 0.186 e. The van der Waals surface area contributed by atoms with Crippen molar-refractivity contribution < 1.29 is 4.43 Å². The van der Waals surface area contributed by atoms with Gasteiger partial charge in [-0.2, -0.15) is 10.4 Å². The van der Waals surface area contributed by atoms with Gasteiger partial charge < -0.3 is 4.43 Å². The van der Waals surface area contributed by atoms with Crippen molar-refractivity contribution in [2.75, 3.05) is 0 Å². The number of halogens is 1. The van der Waals surface area contributed by atoms with Crippen molar-refractivity contribution in [2.45, 2.75) is 39.2 Å². The van der Waals surface area contributed by atoms with Crippen LogP contribution >= 0.6 is 11.6 Å². The van der Waals surface area contributed by atoms with E-state index in [1.165, 1.54) is 0 Å². The molecular weight excluding hydrogens is 442 g/mol. The van der Waals surface area contributed by atoms with Gasteiger partial charge in [-0.15, -0.1) is 5.10 Å². The molecule has 0 bridgehead atoms. The third-order valence-electron chi connectivity index (χ3n) is 4.95. The number of aromatic nitrogens is 6. The van der Waals surface area contributed by atoms with E-state index in [1.54, 1.807) is 15.6 Å². The molecule has 0 radical (unpaired) electrons. The van der Waals surface area contributed by atoms with Gasteiger partial charge in [-0.05, 0) is 44.3 Å². The molecule has 0 fully saturated rings. The molecule has 0 saturated carbocycles. The van der Waals surface area contributed by atoms with E-state index in [9.17, 15) is 5.26 Å². The normalized spacial score (nSPS) is 12.8. The number of nitrogens with zero attached hydrogens (tertiary/aromatic N) is 7. The van der Waals surface area contributed by atoms with Crippen molar-refractivity contribution in [3.8, 4) is 17.2 Å². The van der Waals surface area contributed by atoms with Crippen LogP contribution in [-0.4, -0.2) is 38.1 Å². The summed E-state index contributed by atoms with van der Waals surface area (Å²) in [5, 5.41) is 23.7. The smallest absolute Gasteiger partial charge is 0.186 e. The summed E-state index contributed by atoms with van der Waals surface area (Å²) in [6.45, 7) is 8.57. The summed E-state index contributed by atoms with van der Waals surface area (Å²) in [4.78, 5) is 4.81. The van der Waals surface area contributed by atoms with Gasteiger partial charge in [0.25, 0.3) is 0 Å². The van der Waals surface area contributed by atoms with Gasteiger partial charge in [-0.3, -0.25) is 4.68 Å². The van der Waals surface area contributed by atoms with Crippen LogP contribution in [0.25, 0.3) is 22.3 Å². The molecule has 8 nitrogen and oxygen atoms in total. The van der Waals surface area contributed by atoms with Crippen LogP contribution < -0.4 is 0 Å². The molecule has 0 spiro atoms. The minimum Gasteiger partial charge on any atom is -0.399 e. The van der Waals surface area contributed by atoms with E-state index >= 15 is 0 Å². The molecule has 0 aliphatic rings. The Bertz CT molecular complexity index is 1320. The Hall–Kier alpha value is -3.06. The first kappa shape index (κ1) is 22.1. The number of benzene rings is 1. The van der Waals surface area contributed by atoms with Crippen LogP contribution in [0, 0.1) is 18.3 Å². The zero-order chi connectivity index (χ0) is 23.0. The summed E-state index contributed by atoms with van der Waals surface area (Å²) in [7, 11) is -0.141. The second-order valence-electron chi connectivity index (χ2n) is 8.67. The van der Waals surface area contributed by atoms with Gasteiger partial charge in [0, 0.05) is 40.7 Å². The van der Waals surface area contributed by atoms with Crippen molar-refractivity contribution in [3.05, 3.63) is 58.5 Å². The van der Waals surface area contributed by atoms with Crippen molar-refractivity contribution >= 4 is 31.1 Å². The van der Waals surface area contributed by atoms with Crippen molar-refractivity contribution in [2.24, 2.45) is 7.05 Å². The lowest BCUT2D eigenvalue weighted by atomic mass is 9.95. The van der Waals surface area contributed by atoms with Gasteiger partial charge in [0.15, 0.2) is 20.1 Å². The van der Waals surface area contributed by atoms with Gasteiger partial charge in [0.1, 0.15) is 5.52 Å². The zero-order valence-corrected chi connectivity index (χ0v) is 20.4. The number of rotatable bonds is 6. The lowest BCUT2D eigenvalue weighted by molar-refractivity contribution is 0.254. The summed E-state index contributed by atoms with van der Waals surface area (Å²) in [6.07, 6.45) is 2.97. The second-order valence-corrected chi connectivity index (χ2v) is 13.6. The zero-order valence-electron chi connectivity index (χ0n) is 18.7. The van der Waals surface area contributed by atoms with Gasteiger partial charge in [0.05, 0.1) is 18.8 Å². The molecule has 0 amide bonds. The lowest BCUT2D eigenvalue weighted by Crippen LogP contribution is -2.28. The monoisotopic (exact) mass is 465 g/mol. The highest BCUT2D eigenvalue weighted by atomic mass is 35.5. The third kappa shape index (κ3) is 4.43. The number of hydrogen-bond donors (Lipinski definition) is 0. The Morgan fingerprint density at radius 2 is 1.94 bits per heavy atom.